The Bertz CT molecular complexity index is 1370. The highest BCUT2D eigenvalue weighted by Gasteiger charge is 2.47. The van der Waals surface area contributed by atoms with Crippen molar-refractivity contribution in [2.45, 2.75) is 32.6 Å². The summed E-state index contributed by atoms with van der Waals surface area (Å²) < 4.78 is 51.0. The fraction of sp³-hybridized carbons (Fsp3) is 0.250. The minimum absolute atomic E-state index is 0.160. The topological polar surface area (TPSA) is 89.0 Å². The number of aliphatic hydroxyl groups is 1. The van der Waals surface area contributed by atoms with Crippen molar-refractivity contribution < 1.29 is 37.3 Å². The summed E-state index contributed by atoms with van der Waals surface area (Å²) in [4.78, 5) is 31.9. The second kappa shape index (κ2) is 11.0. The number of aliphatic hydroxyl groups excluding tert-OH is 1. The number of halogens is 3. The average Bonchev–Trinajstić information content (AvgIpc) is 3.14. The highest BCUT2D eigenvalue weighted by Crippen LogP contribution is 2.42. The largest absolute Gasteiger partial charge is 0.507 e. The second-order valence-electron chi connectivity index (χ2n) is 8.40. The van der Waals surface area contributed by atoms with E-state index in [1.54, 1.807) is 37.3 Å². The lowest BCUT2D eigenvalue weighted by atomic mass is 9.97. The van der Waals surface area contributed by atoms with Gasteiger partial charge in [-0.1, -0.05) is 18.2 Å². The third-order valence-electron chi connectivity index (χ3n) is 5.93. The number of benzene rings is 2. The van der Waals surface area contributed by atoms with Crippen LogP contribution < -0.4 is 9.47 Å². The third kappa shape index (κ3) is 5.34. The first-order valence-electron chi connectivity index (χ1n) is 11.9. The van der Waals surface area contributed by atoms with Gasteiger partial charge in [0.15, 0.2) is 0 Å². The van der Waals surface area contributed by atoms with Gasteiger partial charge < -0.3 is 19.5 Å². The monoisotopic (exact) mass is 526 g/mol. The van der Waals surface area contributed by atoms with Gasteiger partial charge in [-0.25, -0.2) is 0 Å². The Hall–Kier alpha value is -4.34. The smallest absolute Gasteiger partial charge is 0.416 e. The number of Topliss-reactive ketones (excluding diaryl/α,β-unsaturated/α-hetero) is 1. The molecule has 198 valence electrons. The van der Waals surface area contributed by atoms with E-state index in [0.29, 0.717) is 12.4 Å². The molecule has 1 unspecified atom stereocenters. The standard InChI is InChI=1S/C28H25F3N2O5/c1-3-37-19-11-12-20(22(15-19)38-4-2)25(34)23-24(21-10-5-6-13-32-21)33(27(36)26(23)35)16-17-8-7-9-18(14-17)28(29,30)31/h5-15,24,34H,3-4,16H2,1-2H3/b25-23-. The van der Waals surface area contributed by atoms with E-state index in [0.717, 1.165) is 17.0 Å². The second-order valence-corrected chi connectivity index (χ2v) is 8.40. The number of aromatic nitrogens is 1. The number of ketones is 1. The van der Waals surface area contributed by atoms with Crippen molar-refractivity contribution in [3.63, 3.8) is 0 Å². The van der Waals surface area contributed by atoms with Gasteiger partial charge in [-0.15, -0.1) is 0 Å². The number of pyridine rings is 1. The number of amides is 1. The number of carbonyl (C=O) groups excluding carboxylic acids is 2. The Morgan fingerprint density at radius 3 is 2.42 bits per heavy atom. The van der Waals surface area contributed by atoms with Gasteiger partial charge in [0.05, 0.1) is 35.6 Å². The first-order chi connectivity index (χ1) is 18.2. The number of ether oxygens (including phenoxy) is 2. The number of hydrogen-bond acceptors (Lipinski definition) is 6. The molecule has 0 saturated carbocycles. The van der Waals surface area contributed by atoms with E-state index in [4.69, 9.17) is 9.47 Å². The zero-order valence-corrected chi connectivity index (χ0v) is 20.7. The summed E-state index contributed by atoms with van der Waals surface area (Å²) in [6, 6.07) is 12.9. The molecular formula is C28H25F3N2O5. The molecule has 1 aliphatic heterocycles. The van der Waals surface area contributed by atoms with Crippen LogP contribution in [0, 0.1) is 0 Å². The lowest BCUT2D eigenvalue weighted by Gasteiger charge is -2.25. The maximum atomic E-state index is 13.3. The molecule has 3 aromatic rings. The number of nitrogens with zero attached hydrogens (tertiary/aromatic N) is 2. The molecule has 0 spiro atoms. The summed E-state index contributed by atoms with van der Waals surface area (Å²) >= 11 is 0. The quantitative estimate of drug-likeness (QED) is 0.236. The summed E-state index contributed by atoms with van der Waals surface area (Å²) in [7, 11) is 0. The highest BCUT2D eigenvalue weighted by atomic mass is 19.4. The lowest BCUT2D eigenvalue weighted by Crippen LogP contribution is -2.29. The molecule has 0 bridgehead atoms. The van der Waals surface area contributed by atoms with E-state index in [1.165, 1.54) is 24.4 Å². The zero-order valence-electron chi connectivity index (χ0n) is 20.7. The van der Waals surface area contributed by atoms with Crippen LogP contribution in [0.25, 0.3) is 5.76 Å². The van der Waals surface area contributed by atoms with Crippen LogP contribution >= 0.6 is 0 Å². The van der Waals surface area contributed by atoms with Gasteiger partial charge >= 0.3 is 6.18 Å². The van der Waals surface area contributed by atoms with Crippen molar-refractivity contribution in [1.82, 2.24) is 9.88 Å². The van der Waals surface area contributed by atoms with Crippen LogP contribution in [0.3, 0.4) is 0 Å². The Morgan fingerprint density at radius 2 is 1.76 bits per heavy atom. The molecule has 1 N–H and O–H groups in total. The van der Waals surface area contributed by atoms with Crippen LogP contribution in [0.15, 0.2) is 72.4 Å². The van der Waals surface area contributed by atoms with Gasteiger partial charge in [0.1, 0.15) is 23.3 Å². The van der Waals surface area contributed by atoms with Crippen LogP contribution in [0.5, 0.6) is 11.5 Å². The molecule has 0 radical (unpaired) electrons. The van der Waals surface area contributed by atoms with E-state index in [-0.39, 0.29) is 41.3 Å². The fourth-order valence-electron chi connectivity index (χ4n) is 4.31. The molecule has 2 aromatic carbocycles. The molecule has 7 nitrogen and oxygen atoms in total. The van der Waals surface area contributed by atoms with Gasteiger partial charge in [0.2, 0.25) is 0 Å². The number of alkyl halides is 3. The summed E-state index contributed by atoms with van der Waals surface area (Å²) in [6.45, 7) is 3.90. The molecule has 1 aromatic heterocycles. The fourth-order valence-corrected chi connectivity index (χ4v) is 4.31. The predicted octanol–water partition coefficient (Wildman–Crippen LogP) is 5.52. The minimum atomic E-state index is -4.58. The van der Waals surface area contributed by atoms with E-state index >= 15 is 0 Å². The maximum absolute atomic E-state index is 13.3. The van der Waals surface area contributed by atoms with Crippen molar-refractivity contribution in [3.05, 3.63) is 94.8 Å². The Balaban J connectivity index is 1.84. The third-order valence-corrected chi connectivity index (χ3v) is 5.93. The average molecular weight is 527 g/mol. The van der Waals surface area contributed by atoms with Crippen molar-refractivity contribution in [1.29, 1.82) is 0 Å². The van der Waals surface area contributed by atoms with E-state index in [2.05, 4.69) is 4.98 Å². The zero-order chi connectivity index (χ0) is 27.4. The number of hydrogen-bond donors (Lipinski definition) is 1. The van der Waals surface area contributed by atoms with Crippen molar-refractivity contribution in [2.24, 2.45) is 0 Å². The molecule has 1 aliphatic rings. The maximum Gasteiger partial charge on any atom is 0.416 e. The van der Waals surface area contributed by atoms with Crippen LogP contribution in [-0.2, 0) is 22.3 Å². The minimum Gasteiger partial charge on any atom is -0.507 e. The van der Waals surface area contributed by atoms with Gasteiger partial charge in [-0.2, -0.15) is 13.2 Å². The Labute approximate surface area is 217 Å². The van der Waals surface area contributed by atoms with Crippen LogP contribution in [0.4, 0.5) is 13.2 Å². The van der Waals surface area contributed by atoms with E-state index in [1.807, 2.05) is 6.92 Å². The number of carbonyl (C=O) groups is 2. The summed E-state index contributed by atoms with van der Waals surface area (Å²) in [5, 5.41) is 11.4. The lowest BCUT2D eigenvalue weighted by molar-refractivity contribution is -0.140. The van der Waals surface area contributed by atoms with Gasteiger partial charge in [-0.3, -0.25) is 14.6 Å². The van der Waals surface area contributed by atoms with E-state index < -0.39 is 35.2 Å². The SMILES string of the molecule is CCOc1ccc(/C(O)=C2/C(=O)C(=O)N(Cc3cccc(C(F)(F)F)c3)C2c2ccccn2)c(OCC)c1. The molecule has 10 heteroatoms. The van der Waals surface area contributed by atoms with Gasteiger partial charge in [-0.05, 0) is 55.8 Å². The molecular weight excluding hydrogens is 501 g/mol. The van der Waals surface area contributed by atoms with E-state index in [9.17, 15) is 27.9 Å². The molecule has 0 aliphatic carbocycles. The molecule has 4 rings (SSSR count). The van der Waals surface area contributed by atoms with Crippen molar-refractivity contribution >= 4 is 17.4 Å². The summed E-state index contributed by atoms with van der Waals surface area (Å²) in [5.41, 5.74) is -0.529. The van der Waals surface area contributed by atoms with Crippen molar-refractivity contribution in [3.8, 4) is 11.5 Å². The van der Waals surface area contributed by atoms with Crippen LogP contribution in [0.2, 0.25) is 0 Å². The molecule has 38 heavy (non-hydrogen) atoms. The number of likely N-dealkylation sites (tertiary alicyclic amines) is 1. The normalized spacial score (nSPS) is 17.1. The highest BCUT2D eigenvalue weighted by molar-refractivity contribution is 6.46. The molecule has 2 heterocycles. The van der Waals surface area contributed by atoms with Crippen LogP contribution in [-0.4, -0.2) is 39.9 Å². The first kappa shape index (κ1) is 26.7. The van der Waals surface area contributed by atoms with Crippen molar-refractivity contribution in [2.75, 3.05) is 13.2 Å². The van der Waals surface area contributed by atoms with Gasteiger partial charge in [0.25, 0.3) is 11.7 Å². The summed E-state index contributed by atoms with van der Waals surface area (Å²) in [5.74, 6) is -1.72. The number of rotatable bonds is 8. The van der Waals surface area contributed by atoms with Crippen LogP contribution in [0.1, 0.15) is 42.3 Å². The summed E-state index contributed by atoms with van der Waals surface area (Å²) in [6.07, 6.45) is -3.11. The van der Waals surface area contributed by atoms with Gasteiger partial charge in [0, 0.05) is 18.8 Å². The predicted molar refractivity (Wildman–Crippen MR) is 132 cm³/mol. The Kier molecular flexibility index (Phi) is 7.70. The molecule has 1 amide bonds. The molecule has 1 fully saturated rings. The first-order valence-corrected chi connectivity index (χ1v) is 11.9. The molecule has 1 saturated heterocycles. The molecule has 1 atom stereocenters. The Morgan fingerprint density at radius 1 is 1.00 bits per heavy atom.